The Morgan fingerprint density at radius 1 is 0.524 bits per heavy atom. The maximum atomic E-state index is 12.8. The van der Waals surface area contributed by atoms with E-state index in [1.54, 1.807) is 5.57 Å². The number of Topliss-reactive ketones (excluding diaryl/α,β-unsaturated/α-hetero) is 1. The second kappa shape index (κ2) is 3.84. The fourth-order valence-electron chi connectivity index (χ4n) is 8.01. The van der Waals surface area contributed by atoms with E-state index in [0.29, 0.717) is 17.6 Å². The average molecular weight is 282 g/mol. The van der Waals surface area contributed by atoms with E-state index < -0.39 is 0 Å². The van der Waals surface area contributed by atoms with Crippen LogP contribution in [0.25, 0.3) is 0 Å². The van der Waals surface area contributed by atoms with Crippen LogP contribution in [-0.2, 0) is 4.79 Å². The molecule has 0 aromatic heterocycles. The van der Waals surface area contributed by atoms with Gasteiger partial charge >= 0.3 is 0 Å². The van der Waals surface area contributed by atoms with Crippen LogP contribution in [0.2, 0.25) is 0 Å². The number of ketones is 1. The first-order chi connectivity index (χ1) is 10.3. The topological polar surface area (TPSA) is 17.1 Å². The molecule has 4 atom stereocenters. The predicted octanol–water partition coefficient (Wildman–Crippen LogP) is 4.37. The zero-order valence-electron chi connectivity index (χ0n) is 12.9. The minimum absolute atomic E-state index is 0.397. The quantitative estimate of drug-likeness (QED) is 0.603. The van der Waals surface area contributed by atoms with Crippen molar-refractivity contribution in [3.05, 3.63) is 11.1 Å². The molecule has 112 valence electrons. The van der Waals surface area contributed by atoms with E-state index in [0.717, 1.165) is 35.5 Å². The van der Waals surface area contributed by atoms with Gasteiger partial charge < -0.3 is 0 Å². The molecule has 1 nitrogen and oxygen atoms in total. The van der Waals surface area contributed by atoms with Gasteiger partial charge in [-0.1, -0.05) is 11.1 Å². The molecule has 0 aromatic carbocycles. The summed E-state index contributed by atoms with van der Waals surface area (Å²) in [6.07, 6.45) is 12.6. The van der Waals surface area contributed by atoms with Crippen molar-refractivity contribution < 1.29 is 4.79 Å². The van der Waals surface area contributed by atoms with E-state index in [4.69, 9.17) is 0 Å². The van der Waals surface area contributed by atoms with Crippen molar-refractivity contribution >= 4 is 5.78 Å². The Morgan fingerprint density at radius 3 is 1.71 bits per heavy atom. The number of hydrogen-bond acceptors (Lipinski definition) is 1. The summed E-state index contributed by atoms with van der Waals surface area (Å²) in [4.78, 5) is 12.8. The Kier molecular flexibility index (Phi) is 2.18. The largest absolute Gasteiger partial charge is 0.299 e. The standard InChI is InChI=1S/C20H26O/c21-20-16-7-12-6-15(9-16)19(17(20)8-12)18-13-2-10-1-11(4-13)5-14(18)3-10/h10-17H,1-9H2/t10?,11?,12-,13?,14?,15+,16+,17-/m1/s1. The van der Waals surface area contributed by atoms with Gasteiger partial charge in [0.25, 0.3) is 0 Å². The van der Waals surface area contributed by atoms with Crippen molar-refractivity contribution in [2.75, 3.05) is 0 Å². The van der Waals surface area contributed by atoms with Crippen molar-refractivity contribution in [2.24, 2.45) is 47.3 Å². The molecule has 0 unspecified atom stereocenters. The molecular weight excluding hydrogens is 256 g/mol. The second-order valence-electron chi connectivity index (χ2n) is 9.37. The second-order valence-corrected chi connectivity index (χ2v) is 9.37. The van der Waals surface area contributed by atoms with Crippen molar-refractivity contribution in [3.8, 4) is 0 Å². The van der Waals surface area contributed by atoms with Crippen molar-refractivity contribution in [3.63, 3.8) is 0 Å². The van der Waals surface area contributed by atoms with Crippen LogP contribution in [0.15, 0.2) is 11.1 Å². The third-order valence-electron chi connectivity index (χ3n) is 8.29. The van der Waals surface area contributed by atoms with Crippen molar-refractivity contribution in [1.29, 1.82) is 0 Å². The smallest absolute Gasteiger partial charge is 0.143 e. The molecule has 0 aliphatic heterocycles. The van der Waals surface area contributed by atoms with Crippen LogP contribution < -0.4 is 0 Å². The summed E-state index contributed by atoms with van der Waals surface area (Å²) in [5, 5.41) is 0. The van der Waals surface area contributed by atoms with Gasteiger partial charge in [0.1, 0.15) is 5.78 Å². The lowest BCUT2D eigenvalue weighted by molar-refractivity contribution is -0.135. The Labute approximate surface area is 127 Å². The third-order valence-corrected chi connectivity index (χ3v) is 8.29. The average Bonchev–Trinajstić information content (AvgIpc) is 2.45. The molecule has 1 heteroatoms. The molecule has 8 bridgehead atoms. The van der Waals surface area contributed by atoms with Gasteiger partial charge in [-0.2, -0.15) is 0 Å². The molecule has 0 amide bonds. The number of hydrogen-bond donors (Lipinski definition) is 0. The maximum Gasteiger partial charge on any atom is 0.143 e. The molecular formula is C20H26O. The Morgan fingerprint density at radius 2 is 1.05 bits per heavy atom. The number of carbonyl (C=O) groups excluding carboxylic acids is 1. The van der Waals surface area contributed by atoms with Crippen molar-refractivity contribution in [2.45, 2.75) is 57.8 Å². The van der Waals surface area contributed by atoms with Gasteiger partial charge in [-0.15, -0.1) is 0 Å². The fourth-order valence-corrected chi connectivity index (χ4v) is 8.01. The van der Waals surface area contributed by atoms with Crippen LogP contribution in [0, 0.1) is 47.3 Å². The molecule has 8 rings (SSSR count). The van der Waals surface area contributed by atoms with Crippen LogP contribution in [0.3, 0.4) is 0 Å². The Hall–Kier alpha value is -0.590. The van der Waals surface area contributed by atoms with Gasteiger partial charge in [-0.25, -0.2) is 0 Å². The first-order valence-corrected chi connectivity index (χ1v) is 9.53. The molecule has 0 heterocycles. The van der Waals surface area contributed by atoms with Crippen molar-refractivity contribution in [1.82, 2.24) is 0 Å². The lowest BCUT2D eigenvalue weighted by Gasteiger charge is -2.57. The molecule has 0 spiro atoms. The molecule has 8 fully saturated rings. The fraction of sp³-hybridized carbons (Fsp3) is 0.850. The summed E-state index contributed by atoms with van der Waals surface area (Å²) in [7, 11) is 0. The monoisotopic (exact) mass is 282 g/mol. The number of rotatable bonds is 0. The van der Waals surface area contributed by atoms with E-state index >= 15 is 0 Å². The van der Waals surface area contributed by atoms with Crippen LogP contribution in [0.5, 0.6) is 0 Å². The molecule has 0 saturated heterocycles. The zero-order chi connectivity index (χ0) is 13.7. The minimum Gasteiger partial charge on any atom is -0.299 e. The molecule has 0 N–H and O–H groups in total. The molecule has 8 aliphatic carbocycles. The molecule has 21 heavy (non-hydrogen) atoms. The van der Waals surface area contributed by atoms with Gasteiger partial charge in [-0.05, 0) is 93.3 Å². The van der Waals surface area contributed by atoms with Crippen LogP contribution >= 0.6 is 0 Å². The predicted molar refractivity (Wildman–Crippen MR) is 81.5 cm³/mol. The van der Waals surface area contributed by atoms with Gasteiger partial charge in [0.05, 0.1) is 0 Å². The van der Waals surface area contributed by atoms with Gasteiger partial charge in [0.2, 0.25) is 0 Å². The van der Waals surface area contributed by atoms with E-state index in [2.05, 4.69) is 0 Å². The zero-order valence-corrected chi connectivity index (χ0v) is 12.9. The Bertz CT molecular complexity index is 526. The molecule has 0 aromatic rings. The number of carbonyl (C=O) groups is 1. The minimum atomic E-state index is 0.397. The molecule has 8 saturated carbocycles. The highest BCUT2D eigenvalue weighted by molar-refractivity contribution is 5.89. The summed E-state index contributed by atoms with van der Waals surface area (Å²) in [6, 6.07) is 0. The highest BCUT2D eigenvalue weighted by atomic mass is 16.1. The summed E-state index contributed by atoms with van der Waals surface area (Å²) in [5.41, 5.74) is 3.63. The van der Waals surface area contributed by atoms with E-state index in [9.17, 15) is 4.79 Å². The van der Waals surface area contributed by atoms with E-state index in [1.807, 2.05) is 5.57 Å². The van der Waals surface area contributed by atoms with E-state index in [1.165, 1.54) is 57.8 Å². The number of allylic oxidation sites excluding steroid dienone is 2. The first-order valence-electron chi connectivity index (χ1n) is 9.53. The van der Waals surface area contributed by atoms with Crippen LogP contribution in [-0.4, -0.2) is 5.78 Å². The summed E-state index contributed by atoms with van der Waals surface area (Å²) >= 11 is 0. The van der Waals surface area contributed by atoms with Crippen LogP contribution in [0.4, 0.5) is 0 Å². The summed E-state index contributed by atoms with van der Waals surface area (Å²) < 4.78 is 0. The van der Waals surface area contributed by atoms with Gasteiger partial charge in [-0.3, -0.25) is 4.79 Å². The SMILES string of the molecule is O=C1[C@H]2C[C@H]3C[C@@H](C2)C(=C2C4CC5CC(C4)CC2C5)[C@H]1C3. The Balaban J connectivity index is 1.48. The third kappa shape index (κ3) is 1.46. The molecule has 8 aliphatic rings. The first kappa shape index (κ1) is 11.9. The van der Waals surface area contributed by atoms with Crippen LogP contribution in [0.1, 0.15) is 57.8 Å². The van der Waals surface area contributed by atoms with Gasteiger partial charge in [0.15, 0.2) is 0 Å². The molecule has 0 radical (unpaired) electrons. The highest BCUT2D eigenvalue weighted by Crippen LogP contribution is 2.62. The maximum absolute atomic E-state index is 12.8. The normalized spacial score (nSPS) is 56.7. The van der Waals surface area contributed by atoms with E-state index in [-0.39, 0.29) is 0 Å². The van der Waals surface area contributed by atoms with Gasteiger partial charge in [0, 0.05) is 11.8 Å². The summed E-state index contributed by atoms with van der Waals surface area (Å²) in [6.45, 7) is 0. The lowest BCUT2D eigenvalue weighted by atomic mass is 9.48. The lowest BCUT2D eigenvalue weighted by Crippen LogP contribution is -2.50. The highest BCUT2D eigenvalue weighted by Gasteiger charge is 2.54. The summed E-state index contributed by atoms with van der Waals surface area (Å²) in [5.74, 6) is 7.16.